The molecular weight excluding hydrogens is 309 g/mol. The van der Waals surface area contributed by atoms with Gasteiger partial charge in [0, 0.05) is 20.1 Å². The highest BCUT2D eigenvalue weighted by molar-refractivity contribution is 5.80. The molecule has 3 fully saturated rings. The molecule has 4 unspecified atom stereocenters. The summed E-state index contributed by atoms with van der Waals surface area (Å²) in [6.07, 6.45) is 0.571. The second kappa shape index (κ2) is 6.84. The first kappa shape index (κ1) is 16.8. The highest BCUT2D eigenvalue weighted by Crippen LogP contribution is 2.34. The SMILES string of the molecule is CN=C(NCC1CCN(CC(F)(F)F)C1)NC1CC2CCC1O2. The second-order valence-corrected chi connectivity index (χ2v) is 6.82. The van der Waals surface area contributed by atoms with E-state index < -0.39 is 12.7 Å². The Hall–Kier alpha value is -1.02. The van der Waals surface area contributed by atoms with Gasteiger partial charge in [0.15, 0.2) is 5.96 Å². The number of halogens is 3. The molecule has 8 heteroatoms. The number of fused-ring (bicyclic) bond motifs is 2. The number of hydrogen-bond donors (Lipinski definition) is 2. The lowest BCUT2D eigenvalue weighted by Crippen LogP contribution is -2.48. The quantitative estimate of drug-likeness (QED) is 0.602. The molecule has 0 radical (unpaired) electrons. The van der Waals surface area contributed by atoms with Gasteiger partial charge < -0.3 is 15.4 Å². The van der Waals surface area contributed by atoms with E-state index in [0.29, 0.717) is 31.8 Å². The molecule has 3 rings (SSSR count). The summed E-state index contributed by atoms with van der Waals surface area (Å²) >= 11 is 0. The third-order valence-corrected chi connectivity index (χ3v) is 4.98. The first-order valence-electron chi connectivity index (χ1n) is 8.34. The van der Waals surface area contributed by atoms with Gasteiger partial charge in [-0.05, 0) is 38.1 Å². The molecule has 4 atom stereocenters. The fraction of sp³-hybridized carbons (Fsp3) is 0.933. The van der Waals surface area contributed by atoms with Crippen LogP contribution in [0.4, 0.5) is 13.2 Å². The van der Waals surface area contributed by atoms with Crippen LogP contribution in [0, 0.1) is 5.92 Å². The Bertz CT molecular complexity index is 443. The first-order valence-corrected chi connectivity index (χ1v) is 8.34. The third-order valence-electron chi connectivity index (χ3n) is 4.98. The first-order chi connectivity index (χ1) is 10.9. The summed E-state index contributed by atoms with van der Waals surface area (Å²) in [7, 11) is 1.72. The lowest BCUT2D eigenvalue weighted by molar-refractivity contribution is -0.143. The number of likely N-dealkylation sites (tertiary alicyclic amines) is 1. The summed E-state index contributed by atoms with van der Waals surface area (Å²) in [5, 5.41) is 6.65. The highest BCUT2D eigenvalue weighted by atomic mass is 19.4. The number of nitrogens with one attached hydrogen (secondary N) is 2. The van der Waals surface area contributed by atoms with Crippen molar-refractivity contribution < 1.29 is 17.9 Å². The molecule has 0 aliphatic carbocycles. The summed E-state index contributed by atoms with van der Waals surface area (Å²) in [5.74, 6) is 0.951. The molecule has 5 nitrogen and oxygen atoms in total. The lowest BCUT2D eigenvalue weighted by Gasteiger charge is -2.23. The van der Waals surface area contributed by atoms with E-state index in [1.807, 2.05) is 0 Å². The molecule has 0 aromatic heterocycles. The van der Waals surface area contributed by atoms with Gasteiger partial charge in [-0.15, -0.1) is 0 Å². The van der Waals surface area contributed by atoms with Crippen molar-refractivity contribution in [3.05, 3.63) is 0 Å². The fourth-order valence-corrected chi connectivity index (χ4v) is 3.88. The molecule has 2 bridgehead atoms. The van der Waals surface area contributed by atoms with Gasteiger partial charge in [-0.1, -0.05) is 0 Å². The van der Waals surface area contributed by atoms with Gasteiger partial charge in [-0.25, -0.2) is 0 Å². The number of hydrogen-bond acceptors (Lipinski definition) is 3. The predicted molar refractivity (Wildman–Crippen MR) is 81.4 cm³/mol. The van der Waals surface area contributed by atoms with Crippen molar-refractivity contribution in [2.75, 3.05) is 33.2 Å². The number of ether oxygens (including phenoxy) is 1. The Labute approximate surface area is 134 Å². The van der Waals surface area contributed by atoms with E-state index in [2.05, 4.69) is 15.6 Å². The largest absolute Gasteiger partial charge is 0.401 e. The van der Waals surface area contributed by atoms with Crippen molar-refractivity contribution in [2.24, 2.45) is 10.9 Å². The van der Waals surface area contributed by atoms with Crippen LogP contribution in [0.3, 0.4) is 0 Å². The van der Waals surface area contributed by atoms with Crippen molar-refractivity contribution in [3.63, 3.8) is 0 Å². The molecule has 0 aromatic carbocycles. The maximum atomic E-state index is 12.4. The van der Waals surface area contributed by atoms with Crippen molar-refractivity contribution in [1.29, 1.82) is 0 Å². The topological polar surface area (TPSA) is 48.9 Å². The zero-order valence-electron chi connectivity index (χ0n) is 13.4. The average molecular weight is 334 g/mol. The summed E-state index contributed by atoms with van der Waals surface area (Å²) in [5.41, 5.74) is 0. The number of guanidine groups is 1. The second-order valence-electron chi connectivity index (χ2n) is 6.82. The van der Waals surface area contributed by atoms with E-state index >= 15 is 0 Å². The third kappa shape index (κ3) is 4.50. The van der Waals surface area contributed by atoms with Gasteiger partial charge in [0.2, 0.25) is 0 Å². The molecule has 3 aliphatic heterocycles. The van der Waals surface area contributed by atoms with Crippen LogP contribution in [0.25, 0.3) is 0 Å². The van der Waals surface area contributed by atoms with Crippen LogP contribution in [-0.2, 0) is 4.74 Å². The molecule has 3 saturated heterocycles. The molecule has 0 saturated carbocycles. The van der Waals surface area contributed by atoms with Gasteiger partial charge in [0.05, 0.1) is 24.8 Å². The van der Waals surface area contributed by atoms with Crippen LogP contribution in [-0.4, -0.2) is 68.5 Å². The molecular formula is C15H25F3N4O. The highest BCUT2D eigenvalue weighted by Gasteiger charge is 2.41. The zero-order chi connectivity index (χ0) is 16.4. The standard InChI is InChI=1S/C15H25F3N4O/c1-19-14(21-12-6-11-2-3-13(12)23-11)20-7-10-4-5-22(8-10)9-15(16,17)18/h10-13H,2-9H2,1H3,(H2,19,20,21). The Kier molecular flexibility index (Phi) is 5.01. The minimum Gasteiger partial charge on any atom is -0.373 e. The summed E-state index contributed by atoms with van der Waals surface area (Å²) < 4.78 is 43.0. The zero-order valence-corrected chi connectivity index (χ0v) is 13.4. The van der Waals surface area contributed by atoms with Gasteiger partial charge in [-0.2, -0.15) is 13.2 Å². The van der Waals surface area contributed by atoms with Gasteiger partial charge in [0.25, 0.3) is 0 Å². The van der Waals surface area contributed by atoms with E-state index in [1.165, 1.54) is 4.90 Å². The Morgan fingerprint density at radius 3 is 2.74 bits per heavy atom. The number of rotatable bonds is 4. The smallest absolute Gasteiger partial charge is 0.373 e. The van der Waals surface area contributed by atoms with Crippen molar-refractivity contribution >= 4 is 5.96 Å². The van der Waals surface area contributed by atoms with E-state index in [-0.39, 0.29) is 12.0 Å². The molecule has 0 spiro atoms. The summed E-state index contributed by atoms with van der Waals surface area (Å²) in [4.78, 5) is 5.70. The monoisotopic (exact) mass is 334 g/mol. The van der Waals surface area contributed by atoms with Crippen LogP contribution in [0.2, 0.25) is 0 Å². The maximum Gasteiger partial charge on any atom is 0.401 e. The molecule has 3 heterocycles. The number of aliphatic imine (C=N–C) groups is 1. The lowest BCUT2D eigenvalue weighted by atomic mass is 9.96. The Morgan fingerprint density at radius 2 is 2.13 bits per heavy atom. The predicted octanol–water partition coefficient (Wildman–Crippen LogP) is 1.36. The van der Waals surface area contributed by atoms with Gasteiger partial charge in [0.1, 0.15) is 0 Å². The number of nitrogens with zero attached hydrogens (tertiary/aromatic N) is 2. The molecule has 132 valence electrons. The van der Waals surface area contributed by atoms with E-state index in [0.717, 1.165) is 31.6 Å². The fourth-order valence-electron chi connectivity index (χ4n) is 3.88. The molecule has 2 N–H and O–H groups in total. The van der Waals surface area contributed by atoms with Crippen LogP contribution in [0.5, 0.6) is 0 Å². The minimum absolute atomic E-state index is 0.229. The van der Waals surface area contributed by atoms with Crippen molar-refractivity contribution in [2.45, 2.75) is 50.1 Å². The summed E-state index contributed by atoms with van der Waals surface area (Å²) in [6.45, 7) is 0.841. The van der Waals surface area contributed by atoms with Crippen molar-refractivity contribution in [3.8, 4) is 0 Å². The van der Waals surface area contributed by atoms with Crippen LogP contribution < -0.4 is 10.6 Å². The average Bonchev–Trinajstić information content (AvgIpc) is 3.18. The summed E-state index contributed by atoms with van der Waals surface area (Å²) in [6, 6.07) is 0.297. The normalized spacial score (nSPS) is 35.0. The maximum absolute atomic E-state index is 12.4. The minimum atomic E-state index is -4.11. The number of alkyl halides is 3. The van der Waals surface area contributed by atoms with E-state index in [1.54, 1.807) is 7.05 Å². The van der Waals surface area contributed by atoms with Crippen LogP contribution in [0.1, 0.15) is 25.7 Å². The molecule has 0 amide bonds. The van der Waals surface area contributed by atoms with Gasteiger partial charge >= 0.3 is 6.18 Å². The Balaban J connectivity index is 1.39. The van der Waals surface area contributed by atoms with Crippen LogP contribution in [0.15, 0.2) is 4.99 Å². The van der Waals surface area contributed by atoms with Crippen LogP contribution >= 0.6 is 0 Å². The van der Waals surface area contributed by atoms with E-state index in [9.17, 15) is 13.2 Å². The molecule has 0 aromatic rings. The van der Waals surface area contributed by atoms with Gasteiger partial charge in [-0.3, -0.25) is 9.89 Å². The molecule has 23 heavy (non-hydrogen) atoms. The Morgan fingerprint density at radius 1 is 1.30 bits per heavy atom. The van der Waals surface area contributed by atoms with E-state index in [4.69, 9.17) is 4.74 Å². The van der Waals surface area contributed by atoms with Crippen molar-refractivity contribution in [1.82, 2.24) is 15.5 Å². The molecule has 3 aliphatic rings.